The molecule has 0 aliphatic carbocycles. The minimum absolute atomic E-state index is 0.207. The third-order valence-electron chi connectivity index (χ3n) is 6.18. The van der Waals surface area contributed by atoms with E-state index in [1.54, 1.807) is 12.1 Å². The number of hydrogen-bond donors (Lipinski definition) is 1. The van der Waals surface area contributed by atoms with Gasteiger partial charge in [-0.05, 0) is 59.4 Å². The van der Waals surface area contributed by atoms with Gasteiger partial charge in [-0.25, -0.2) is 0 Å². The quantitative estimate of drug-likeness (QED) is 0.412. The van der Waals surface area contributed by atoms with E-state index in [4.69, 9.17) is 0 Å². The molecule has 1 aliphatic heterocycles. The van der Waals surface area contributed by atoms with Gasteiger partial charge in [-0.2, -0.15) is 0 Å². The van der Waals surface area contributed by atoms with Crippen LogP contribution in [0.5, 0.6) is 5.75 Å². The number of ether oxygens (including phenoxy) is 1. The number of fused-ring (bicyclic) bond motifs is 1. The van der Waals surface area contributed by atoms with Crippen molar-refractivity contribution in [3.63, 3.8) is 0 Å². The van der Waals surface area contributed by atoms with Gasteiger partial charge in [-0.1, -0.05) is 54.6 Å². The Bertz CT molecular complexity index is 1130. The highest BCUT2D eigenvalue weighted by Gasteiger charge is 2.32. The van der Waals surface area contributed by atoms with E-state index in [0.29, 0.717) is 19.6 Å². The third-order valence-corrected chi connectivity index (χ3v) is 6.18. The average Bonchev–Trinajstić information content (AvgIpc) is 3.15. The molecule has 0 bridgehead atoms. The number of aldehydes is 1. The molecule has 0 amide bonds. The van der Waals surface area contributed by atoms with Gasteiger partial charge in [0, 0.05) is 25.7 Å². The van der Waals surface area contributed by atoms with Crippen LogP contribution in [0.15, 0.2) is 66.7 Å². The van der Waals surface area contributed by atoms with Crippen molar-refractivity contribution < 1.29 is 22.7 Å². The Morgan fingerprint density at radius 3 is 2.44 bits per heavy atom. The molecule has 3 aromatic carbocycles. The van der Waals surface area contributed by atoms with E-state index in [2.05, 4.69) is 41.2 Å². The maximum Gasteiger partial charge on any atom is 0.573 e. The zero-order valence-electron chi connectivity index (χ0n) is 19.1. The molecular formula is C27H27F3N2O2. The fourth-order valence-electron chi connectivity index (χ4n) is 4.58. The predicted molar refractivity (Wildman–Crippen MR) is 124 cm³/mol. The summed E-state index contributed by atoms with van der Waals surface area (Å²) < 4.78 is 41.1. The topological polar surface area (TPSA) is 41.6 Å². The van der Waals surface area contributed by atoms with Gasteiger partial charge in [0.1, 0.15) is 12.0 Å². The summed E-state index contributed by atoms with van der Waals surface area (Å²) in [6.45, 7) is 5.90. The van der Waals surface area contributed by atoms with Gasteiger partial charge >= 0.3 is 6.36 Å². The summed E-state index contributed by atoms with van der Waals surface area (Å²) in [5.41, 5.74) is 6.38. The van der Waals surface area contributed by atoms with Crippen LogP contribution in [0.3, 0.4) is 0 Å². The third kappa shape index (κ3) is 5.66. The maximum atomic E-state index is 12.4. The first kappa shape index (κ1) is 24.0. The number of nitrogens with one attached hydrogen (secondary N) is 1. The van der Waals surface area contributed by atoms with Gasteiger partial charge < -0.3 is 14.8 Å². The first-order chi connectivity index (χ1) is 16.2. The molecule has 2 unspecified atom stereocenters. The molecule has 3 aromatic rings. The van der Waals surface area contributed by atoms with Crippen molar-refractivity contribution >= 4 is 6.29 Å². The predicted octanol–water partition coefficient (Wildman–Crippen LogP) is 6.00. The van der Waals surface area contributed by atoms with Crippen LogP contribution in [0.25, 0.3) is 0 Å². The summed E-state index contributed by atoms with van der Waals surface area (Å²) in [7, 11) is 0. The first-order valence-electron chi connectivity index (χ1n) is 11.2. The van der Waals surface area contributed by atoms with E-state index in [1.165, 1.54) is 17.7 Å². The Balaban J connectivity index is 1.45. The molecule has 7 heteroatoms. The lowest BCUT2D eigenvalue weighted by molar-refractivity contribution is -0.274. The number of rotatable bonds is 8. The molecule has 1 heterocycles. The molecule has 0 aromatic heterocycles. The zero-order chi connectivity index (χ0) is 24.3. The number of halogens is 3. The van der Waals surface area contributed by atoms with Gasteiger partial charge in [-0.15, -0.1) is 13.2 Å². The minimum Gasteiger partial charge on any atom is -0.406 e. The SMILES string of the molecule is Cc1cc(CNC(C)c2ccccc2)cc2c1C(C=O)N(Cc1ccc(OC(F)(F)F)cc1)C2. The van der Waals surface area contributed by atoms with Crippen LogP contribution in [0.2, 0.25) is 0 Å². The van der Waals surface area contributed by atoms with Crippen LogP contribution < -0.4 is 10.1 Å². The highest BCUT2D eigenvalue weighted by Crippen LogP contribution is 2.37. The Kier molecular flexibility index (Phi) is 7.05. The molecule has 34 heavy (non-hydrogen) atoms. The highest BCUT2D eigenvalue weighted by atomic mass is 19.4. The Morgan fingerprint density at radius 1 is 1.09 bits per heavy atom. The summed E-state index contributed by atoms with van der Waals surface area (Å²) in [4.78, 5) is 14.0. The van der Waals surface area contributed by atoms with Crippen LogP contribution in [-0.2, 0) is 24.4 Å². The Labute approximate surface area is 197 Å². The van der Waals surface area contributed by atoms with Crippen molar-refractivity contribution in [2.45, 2.75) is 51.9 Å². The van der Waals surface area contributed by atoms with E-state index in [9.17, 15) is 18.0 Å². The Morgan fingerprint density at radius 2 is 1.79 bits per heavy atom. The van der Waals surface area contributed by atoms with Gasteiger partial charge in [0.25, 0.3) is 0 Å². The molecule has 0 spiro atoms. The lowest BCUT2D eigenvalue weighted by Crippen LogP contribution is -2.23. The lowest BCUT2D eigenvalue weighted by atomic mass is 9.96. The number of nitrogens with zero attached hydrogens (tertiary/aromatic N) is 1. The van der Waals surface area contributed by atoms with Crippen molar-refractivity contribution in [2.24, 2.45) is 0 Å². The summed E-state index contributed by atoms with van der Waals surface area (Å²) in [5, 5.41) is 3.56. The highest BCUT2D eigenvalue weighted by molar-refractivity contribution is 5.66. The number of aryl methyl sites for hydroxylation is 1. The van der Waals surface area contributed by atoms with Gasteiger partial charge in [0.15, 0.2) is 0 Å². The fourth-order valence-corrected chi connectivity index (χ4v) is 4.58. The smallest absolute Gasteiger partial charge is 0.406 e. The molecule has 4 nitrogen and oxygen atoms in total. The van der Waals surface area contributed by atoms with E-state index in [1.807, 2.05) is 30.0 Å². The van der Waals surface area contributed by atoms with Crippen LogP contribution in [-0.4, -0.2) is 17.5 Å². The van der Waals surface area contributed by atoms with Crippen molar-refractivity contribution in [3.8, 4) is 5.75 Å². The minimum atomic E-state index is -4.72. The number of carbonyl (C=O) groups excluding carboxylic acids is 1. The van der Waals surface area contributed by atoms with Crippen molar-refractivity contribution in [1.29, 1.82) is 0 Å². The molecule has 0 saturated carbocycles. The molecule has 1 aliphatic rings. The van der Waals surface area contributed by atoms with Crippen molar-refractivity contribution in [3.05, 3.63) is 100 Å². The van der Waals surface area contributed by atoms with E-state index in [0.717, 1.165) is 34.1 Å². The van der Waals surface area contributed by atoms with Gasteiger partial charge in [0.2, 0.25) is 0 Å². The lowest BCUT2D eigenvalue weighted by Gasteiger charge is -2.21. The number of carbonyl (C=O) groups is 1. The number of hydrogen-bond acceptors (Lipinski definition) is 4. The van der Waals surface area contributed by atoms with Crippen molar-refractivity contribution in [1.82, 2.24) is 10.2 Å². The maximum absolute atomic E-state index is 12.4. The second-order valence-corrected chi connectivity index (χ2v) is 8.68. The molecule has 178 valence electrons. The molecule has 4 rings (SSSR count). The molecule has 2 atom stereocenters. The fraction of sp³-hybridized carbons (Fsp3) is 0.296. The molecule has 0 saturated heterocycles. The van der Waals surface area contributed by atoms with Gasteiger partial charge in [0.05, 0.1) is 6.04 Å². The van der Waals surface area contributed by atoms with Crippen molar-refractivity contribution in [2.75, 3.05) is 0 Å². The summed E-state index contributed by atoms with van der Waals surface area (Å²) >= 11 is 0. The van der Waals surface area contributed by atoms with Crippen LogP contribution in [0, 0.1) is 6.92 Å². The van der Waals surface area contributed by atoms with E-state index < -0.39 is 6.36 Å². The Hall–Kier alpha value is -3.16. The van der Waals surface area contributed by atoms with E-state index in [-0.39, 0.29) is 17.8 Å². The number of benzene rings is 3. The second-order valence-electron chi connectivity index (χ2n) is 8.68. The van der Waals surface area contributed by atoms with E-state index >= 15 is 0 Å². The van der Waals surface area contributed by atoms with Gasteiger partial charge in [-0.3, -0.25) is 4.90 Å². The molecule has 0 radical (unpaired) electrons. The second kappa shape index (κ2) is 9.99. The standard InChI is InChI=1S/C27H27F3N2O2/c1-18-12-21(14-31-19(2)22-6-4-3-5-7-22)13-23-16-32(25(17-33)26(18)23)15-20-8-10-24(11-9-20)34-27(28,29)30/h3-13,17,19,25,31H,14-16H2,1-2H3. The summed E-state index contributed by atoms with van der Waals surface area (Å²) in [5.74, 6) is -0.259. The average molecular weight is 469 g/mol. The monoisotopic (exact) mass is 468 g/mol. The largest absolute Gasteiger partial charge is 0.573 e. The summed E-state index contributed by atoms with van der Waals surface area (Å²) in [6.07, 6.45) is -3.78. The molecular weight excluding hydrogens is 441 g/mol. The first-order valence-corrected chi connectivity index (χ1v) is 11.2. The van der Waals surface area contributed by atoms with Crippen LogP contribution in [0.1, 0.15) is 52.4 Å². The van der Waals surface area contributed by atoms with Crippen LogP contribution in [0.4, 0.5) is 13.2 Å². The zero-order valence-corrected chi connectivity index (χ0v) is 19.1. The number of alkyl halides is 3. The molecule has 1 N–H and O–H groups in total. The summed E-state index contributed by atoms with van der Waals surface area (Å²) in [6, 6.07) is 20.1. The normalized spacial score (nSPS) is 16.8. The molecule has 0 fully saturated rings. The van der Waals surface area contributed by atoms with Crippen LogP contribution >= 0.6 is 0 Å².